The van der Waals surface area contributed by atoms with Gasteiger partial charge in [-0.3, -0.25) is 4.79 Å². The van der Waals surface area contributed by atoms with Crippen molar-refractivity contribution in [2.75, 3.05) is 6.54 Å². The fourth-order valence-corrected chi connectivity index (χ4v) is 2.21. The monoisotopic (exact) mass is 383 g/mol. The molecular weight excluding hydrogens is 366 g/mol. The Morgan fingerprint density at radius 1 is 0.963 bits per heavy atom. The minimum absolute atomic E-state index is 0.0253. The van der Waals surface area contributed by atoms with Crippen LogP contribution in [0.4, 0.5) is 17.6 Å². The van der Waals surface area contributed by atoms with Gasteiger partial charge in [-0.2, -0.15) is 17.6 Å². The third-order valence-corrected chi connectivity index (χ3v) is 3.41. The molecular formula is C19H17F4NO3. The Morgan fingerprint density at radius 2 is 1.63 bits per heavy atom. The van der Waals surface area contributed by atoms with Crippen molar-refractivity contribution in [1.29, 1.82) is 0 Å². The zero-order chi connectivity index (χ0) is 19.6. The molecule has 0 bridgehead atoms. The van der Waals surface area contributed by atoms with E-state index in [-0.39, 0.29) is 11.5 Å². The summed E-state index contributed by atoms with van der Waals surface area (Å²) < 4.78 is 57.5. The van der Waals surface area contributed by atoms with Gasteiger partial charge < -0.3 is 14.8 Å². The number of benzene rings is 2. The van der Waals surface area contributed by atoms with Crippen molar-refractivity contribution >= 4 is 12.0 Å². The molecule has 144 valence electrons. The average molecular weight is 383 g/mol. The van der Waals surface area contributed by atoms with Gasteiger partial charge in [-0.15, -0.1) is 0 Å². The Labute approximate surface area is 153 Å². The molecule has 0 aliphatic heterocycles. The second kappa shape index (κ2) is 10.2. The minimum Gasteiger partial charge on any atom is -0.435 e. The van der Waals surface area contributed by atoms with Crippen molar-refractivity contribution in [2.45, 2.75) is 19.6 Å². The summed E-state index contributed by atoms with van der Waals surface area (Å²) in [5.74, 6) is -0.368. The first-order valence-electron chi connectivity index (χ1n) is 7.97. The Morgan fingerprint density at radius 3 is 2.30 bits per heavy atom. The lowest BCUT2D eigenvalue weighted by molar-refractivity contribution is -0.116. The maximum absolute atomic E-state index is 12.3. The summed E-state index contributed by atoms with van der Waals surface area (Å²) in [4.78, 5) is 11.8. The first-order valence-corrected chi connectivity index (χ1v) is 7.97. The van der Waals surface area contributed by atoms with E-state index in [4.69, 9.17) is 0 Å². The summed E-state index contributed by atoms with van der Waals surface area (Å²) in [6.45, 7) is -5.52. The number of alkyl halides is 4. The molecule has 2 rings (SSSR count). The molecule has 0 aliphatic carbocycles. The first kappa shape index (κ1) is 20.3. The van der Waals surface area contributed by atoms with Crippen LogP contribution in [0.5, 0.6) is 11.5 Å². The second-order valence-electron chi connectivity index (χ2n) is 5.31. The normalized spacial score (nSPS) is 11.2. The molecule has 0 saturated carbocycles. The van der Waals surface area contributed by atoms with E-state index in [1.165, 1.54) is 30.4 Å². The van der Waals surface area contributed by atoms with Crippen LogP contribution in [0.15, 0.2) is 54.6 Å². The largest absolute Gasteiger partial charge is 0.435 e. The van der Waals surface area contributed by atoms with Crippen LogP contribution in [0.25, 0.3) is 6.08 Å². The van der Waals surface area contributed by atoms with Crippen LogP contribution in [0.2, 0.25) is 0 Å². The number of carbonyl (C=O) groups is 1. The van der Waals surface area contributed by atoms with Gasteiger partial charge in [-0.25, -0.2) is 0 Å². The van der Waals surface area contributed by atoms with E-state index >= 15 is 0 Å². The molecule has 1 amide bonds. The van der Waals surface area contributed by atoms with Crippen LogP contribution in [-0.4, -0.2) is 25.7 Å². The van der Waals surface area contributed by atoms with E-state index in [1.807, 2.05) is 0 Å². The number of para-hydroxylation sites is 1. The van der Waals surface area contributed by atoms with Gasteiger partial charge in [0.25, 0.3) is 0 Å². The van der Waals surface area contributed by atoms with Crippen molar-refractivity contribution in [3.63, 3.8) is 0 Å². The van der Waals surface area contributed by atoms with Gasteiger partial charge in [0.05, 0.1) is 0 Å². The van der Waals surface area contributed by atoms with E-state index in [0.717, 1.165) is 5.56 Å². The number of carbonyl (C=O) groups excluding carboxylic acids is 1. The van der Waals surface area contributed by atoms with Crippen LogP contribution in [-0.2, 0) is 11.2 Å². The predicted molar refractivity (Wildman–Crippen MR) is 91.9 cm³/mol. The molecule has 1 N–H and O–H groups in total. The summed E-state index contributed by atoms with van der Waals surface area (Å²) in [5.41, 5.74) is 1.18. The standard InChI is InChI=1S/C19H17F4NO3/c20-18(21)26-15-8-5-13(6-9-15)11-12-24-17(25)10-7-14-3-1-2-4-16(14)27-19(22)23/h1-10,18-19H,11-12H2,(H,24,25)/b10-7+. The Balaban J connectivity index is 1.82. The Hall–Kier alpha value is -3.03. The zero-order valence-electron chi connectivity index (χ0n) is 14.1. The molecule has 0 aromatic heterocycles. The second-order valence-corrected chi connectivity index (χ2v) is 5.31. The number of hydrogen-bond donors (Lipinski definition) is 1. The molecule has 0 heterocycles. The lowest BCUT2D eigenvalue weighted by Crippen LogP contribution is -2.23. The molecule has 2 aromatic rings. The molecule has 0 atom stereocenters. The van der Waals surface area contributed by atoms with Crippen molar-refractivity contribution in [3.05, 3.63) is 65.7 Å². The smallest absolute Gasteiger partial charge is 0.387 e. The van der Waals surface area contributed by atoms with Crippen LogP contribution >= 0.6 is 0 Å². The van der Waals surface area contributed by atoms with E-state index in [9.17, 15) is 22.4 Å². The zero-order valence-corrected chi connectivity index (χ0v) is 14.1. The number of hydrogen-bond acceptors (Lipinski definition) is 3. The first-order chi connectivity index (χ1) is 12.9. The summed E-state index contributed by atoms with van der Waals surface area (Å²) in [6.07, 6.45) is 3.08. The molecule has 4 nitrogen and oxygen atoms in total. The van der Waals surface area contributed by atoms with Gasteiger partial charge in [0, 0.05) is 18.2 Å². The summed E-state index contributed by atoms with van der Waals surface area (Å²) >= 11 is 0. The quantitative estimate of drug-likeness (QED) is 0.520. The number of halogens is 4. The Kier molecular flexibility index (Phi) is 7.66. The summed E-state index contributed by atoms with van der Waals surface area (Å²) in [7, 11) is 0. The highest BCUT2D eigenvalue weighted by Gasteiger charge is 2.07. The van der Waals surface area contributed by atoms with Gasteiger partial charge in [0.15, 0.2) is 0 Å². The van der Waals surface area contributed by atoms with Crippen molar-refractivity contribution in [1.82, 2.24) is 5.32 Å². The molecule has 0 saturated heterocycles. The highest BCUT2D eigenvalue weighted by atomic mass is 19.3. The van der Waals surface area contributed by atoms with Crippen molar-refractivity contribution in [3.8, 4) is 11.5 Å². The van der Waals surface area contributed by atoms with Crippen LogP contribution in [0, 0.1) is 0 Å². The van der Waals surface area contributed by atoms with E-state index in [2.05, 4.69) is 14.8 Å². The third kappa shape index (κ3) is 7.39. The highest BCUT2D eigenvalue weighted by molar-refractivity contribution is 5.92. The van der Waals surface area contributed by atoms with Gasteiger partial charge >= 0.3 is 13.2 Å². The van der Waals surface area contributed by atoms with Crippen LogP contribution < -0.4 is 14.8 Å². The maximum Gasteiger partial charge on any atom is 0.387 e. The highest BCUT2D eigenvalue weighted by Crippen LogP contribution is 2.21. The molecule has 2 aromatic carbocycles. The van der Waals surface area contributed by atoms with Gasteiger partial charge in [0.1, 0.15) is 11.5 Å². The summed E-state index contributed by atoms with van der Waals surface area (Å²) in [5, 5.41) is 2.64. The van der Waals surface area contributed by atoms with Gasteiger partial charge in [-0.05, 0) is 36.3 Å². The number of amides is 1. The maximum atomic E-state index is 12.3. The van der Waals surface area contributed by atoms with Crippen LogP contribution in [0.1, 0.15) is 11.1 Å². The summed E-state index contributed by atoms with van der Waals surface area (Å²) in [6, 6.07) is 12.2. The van der Waals surface area contributed by atoms with Crippen LogP contribution in [0.3, 0.4) is 0 Å². The fourth-order valence-electron chi connectivity index (χ4n) is 2.21. The molecule has 0 unspecified atom stereocenters. The lowest BCUT2D eigenvalue weighted by atomic mass is 10.1. The lowest BCUT2D eigenvalue weighted by Gasteiger charge is -2.07. The number of rotatable bonds is 9. The van der Waals surface area contributed by atoms with Crippen molar-refractivity contribution < 1.29 is 31.8 Å². The van der Waals surface area contributed by atoms with Gasteiger partial charge in [0.2, 0.25) is 5.91 Å². The number of nitrogens with one attached hydrogen (secondary N) is 1. The average Bonchev–Trinajstić information content (AvgIpc) is 2.61. The third-order valence-electron chi connectivity index (χ3n) is 3.41. The van der Waals surface area contributed by atoms with E-state index < -0.39 is 19.1 Å². The van der Waals surface area contributed by atoms with E-state index in [0.29, 0.717) is 18.5 Å². The van der Waals surface area contributed by atoms with E-state index in [1.54, 1.807) is 30.3 Å². The molecule has 27 heavy (non-hydrogen) atoms. The number of ether oxygens (including phenoxy) is 2. The van der Waals surface area contributed by atoms with Crippen molar-refractivity contribution in [2.24, 2.45) is 0 Å². The topological polar surface area (TPSA) is 47.6 Å². The molecule has 8 heteroatoms. The molecule has 0 aliphatic rings. The SMILES string of the molecule is O=C(/C=C/c1ccccc1OC(F)F)NCCc1ccc(OC(F)F)cc1. The minimum atomic E-state index is -2.95. The molecule has 0 fully saturated rings. The Bertz CT molecular complexity index is 764. The van der Waals surface area contributed by atoms with Gasteiger partial charge in [-0.1, -0.05) is 30.3 Å². The fraction of sp³-hybridized carbons (Fsp3) is 0.211. The molecule has 0 radical (unpaired) electrons. The predicted octanol–water partition coefficient (Wildman–Crippen LogP) is 4.26. The molecule has 0 spiro atoms.